The standard InChI is InChI=1S/C5H8N4O3/c6-1-2-7-4-3(5(10)11)8-12-9-4/h1-2,6H2,(H,7,9)(H,10,11). The largest absolute Gasteiger partial charge is 0.476 e. The van der Waals surface area contributed by atoms with Crippen LogP contribution in [-0.4, -0.2) is 34.5 Å². The molecular weight excluding hydrogens is 164 g/mol. The fraction of sp³-hybridized carbons (Fsp3) is 0.400. The summed E-state index contributed by atoms with van der Waals surface area (Å²) in [6, 6.07) is 0. The van der Waals surface area contributed by atoms with Crippen LogP contribution in [0.2, 0.25) is 0 Å². The highest BCUT2D eigenvalue weighted by Gasteiger charge is 2.15. The Kier molecular flexibility index (Phi) is 2.59. The van der Waals surface area contributed by atoms with Crippen molar-refractivity contribution in [3.63, 3.8) is 0 Å². The quantitative estimate of drug-likeness (QED) is 0.541. The minimum Gasteiger partial charge on any atom is -0.476 e. The van der Waals surface area contributed by atoms with Crippen LogP contribution in [-0.2, 0) is 0 Å². The fourth-order valence-electron chi connectivity index (χ4n) is 0.635. The number of rotatable bonds is 4. The first-order valence-electron chi connectivity index (χ1n) is 3.25. The topological polar surface area (TPSA) is 114 Å². The highest BCUT2D eigenvalue weighted by Crippen LogP contribution is 2.07. The summed E-state index contributed by atoms with van der Waals surface area (Å²) in [5.41, 5.74) is 4.95. The molecule has 0 amide bonds. The fourth-order valence-corrected chi connectivity index (χ4v) is 0.635. The van der Waals surface area contributed by atoms with Crippen molar-refractivity contribution in [2.24, 2.45) is 5.73 Å². The second-order valence-corrected chi connectivity index (χ2v) is 1.98. The third-order valence-corrected chi connectivity index (χ3v) is 1.13. The van der Waals surface area contributed by atoms with Gasteiger partial charge in [-0.05, 0) is 10.3 Å². The van der Waals surface area contributed by atoms with Gasteiger partial charge in [0.05, 0.1) is 0 Å². The molecule has 12 heavy (non-hydrogen) atoms. The summed E-state index contributed by atoms with van der Waals surface area (Å²) in [5, 5.41) is 17.7. The van der Waals surface area contributed by atoms with E-state index in [9.17, 15) is 4.79 Å². The molecule has 0 saturated carbocycles. The van der Waals surface area contributed by atoms with Gasteiger partial charge in [0, 0.05) is 13.1 Å². The van der Waals surface area contributed by atoms with Gasteiger partial charge in [-0.3, -0.25) is 0 Å². The van der Waals surface area contributed by atoms with E-state index >= 15 is 0 Å². The number of carbonyl (C=O) groups is 1. The van der Waals surface area contributed by atoms with Crippen LogP contribution in [0.25, 0.3) is 0 Å². The zero-order valence-corrected chi connectivity index (χ0v) is 6.15. The molecule has 0 unspecified atom stereocenters. The first-order valence-corrected chi connectivity index (χ1v) is 3.25. The molecule has 0 spiro atoms. The Hall–Kier alpha value is -1.63. The van der Waals surface area contributed by atoms with Gasteiger partial charge in [0.2, 0.25) is 11.5 Å². The molecule has 7 nitrogen and oxygen atoms in total. The van der Waals surface area contributed by atoms with Crippen molar-refractivity contribution in [2.75, 3.05) is 18.4 Å². The smallest absolute Gasteiger partial charge is 0.362 e. The van der Waals surface area contributed by atoms with E-state index in [1.807, 2.05) is 0 Å². The van der Waals surface area contributed by atoms with E-state index in [4.69, 9.17) is 10.8 Å². The zero-order chi connectivity index (χ0) is 8.97. The molecule has 0 bridgehead atoms. The molecule has 0 saturated heterocycles. The predicted molar refractivity (Wildman–Crippen MR) is 38.8 cm³/mol. The van der Waals surface area contributed by atoms with E-state index in [2.05, 4.69) is 20.3 Å². The van der Waals surface area contributed by atoms with Gasteiger partial charge in [-0.2, -0.15) is 0 Å². The lowest BCUT2D eigenvalue weighted by atomic mass is 10.4. The number of carboxylic acids is 1. The summed E-state index contributed by atoms with van der Waals surface area (Å²) in [6.45, 7) is 0.806. The Morgan fingerprint density at radius 1 is 1.67 bits per heavy atom. The first kappa shape index (κ1) is 8.47. The van der Waals surface area contributed by atoms with Gasteiger partial charge in [-0.1, -0.05) is 0 Å². The second kappa shape index (κ2) is 3.67. The Bertz CT molecular complexity index is 271. The number of nitrogens with two attached hydrogens (primary N) is 1. The van der Waals surface area contributed by atoms with Crippen molar-refractivity contribution in [2.45, 2.75) is 0 Å². The number of hydrogen-bond donors (Lipinski definition) is 3. The van der Waals surface area contributed by atoms with Crippen LogP contribution in [0.5, 0.6) is 0 Å². The molecule has 1 heterocycles. The van der Waals surface area contributed by atoms with Crippen LogP contribution in [0.4, 0.5) is 5.82 Å². The molecule has 66 valence electrons. The highest BCUT2D eigenvalue weighted by molar-refractivity contribution is 5.90. The number of aromatic carboxylic acids is 1. The summed E-state index contributed by atoms with van der Waals surface area (Å²) in [4.78, 5) is 10.4. The third-order valence-electron chi connectivity index (χ3n) is 1.13. The summed E-state index contributed by atoms with van der Waals surface area (Å²) in [6.07, 6.45) is 0. The lowest BCUT2D eigenvalue weighted by molar-refractivity contribution is 0.0685. The summed E-state index contributed by atoms with van der Waals surface area (Å²) in [7, 11) is 0. The van der Waals surface area contributed by atoms with Crippen molar-refractivity contribution in [3.8, 4) is 0 Å². The molecule has 1 aromatic rings. The molecule has 0 radical (unpaired) electrons. The number of anilines is 1. The Balaban J connectivity index is 2.70. The van der Waals surface area contributed by atoms with Gasteiger partial charge in [-0.15, -0.1) is 0 Å². The van der Waals surface area contributed by atoms with Crippen molar-refractivity contribution in [1.29, 1.82) is 0 Å². The molecule has 0 atom stereocenters. The van der Waals surface area contributed by atoms with Gasteiger partial charge >= 0.3 is 5.97 Å². The second-order valence-electron chi connectivity index (χ2n) is 1.98. The lowest BCUT2D eigenvalue weighted by Gasteiger charge is -1.97. The minimum absolute atomic E-state index is 0.105. The van der Waals surface area contributed by atoms with Gasteiger partial charge in [0.1, 0.15) is 0 Å². The summed E-state index contributed by atoms with van der Waals surface area (Å²) >= 11 is 0. The Morgan fingerprint density at radius 2 is 2.42 bits per heavy atom. The molecule has 4 N–H and O–H groups in total. The molecule has 1 aromatic heterocycles. The maximum absolute atomic E-state index is 10.4. The van der Waals surface area contributed by atoms with E-state index in [1.165, 1.54) is 0 Å². The van der Waals surface area contributed by atoms with Crippen molar-refractivity contribution in [3.05, 3.63) is 5.69 Å². The number of nitrogens with zero attached hydrogens (tertiary/aromatic N) is 2. The monoisotopic (exact) mass is 172 g/mol. The third kappa shape index (κ3) is 1.70. The van der Waals surface area contributed by atoms with E-state index < -0.39 is 5.97 Å². The van der Waals surface area contributed by atoms with Gasteiger partial charge < -0.3 is 16.2 Å². The van der Waals surface area contributed by atoms with Crippen LogP contribution in [0.1, 0.15) is 10.5 Å². The number of carboxylic acid groups (broad SMARTS) is 1. The molecule has 0 fully saturated rings. The molecule has 0 aliphatic carbocycles. The normalized spacial score (nSPS) is 9.75. The lowest BCUT2D eigenvalue weighted by Crippen LogP contribution is -2.15. The minimum atomic E-state index is -1.18. The van der Waals surface area contributed by atoms with E-state index in [0.29, 0.717) is 13.1 Å². The van der Waals surface area contributed by atoms with Crippen molar-refractivity contribution >= 4 is 11.8 Å². The molecule has 7 heteroatoms. The van der Waals surface area contributed by atoms with Gasteiger partial charge in [0.25, 0.3) is 0 Å². The Morgan fingerprint density at radius 3 is 3.00 bits per heavy atom. The van der Waals surface area contributed by atoms with Crippen LogP contribution < -0.4 is 11.1 Å². The maximum atomic E-state index is 10.4. The van der Waals surface area contributed by atoms with Crippen molar-refractivity contribution in [1.82, 2.24) is 10.3 Å². The molecule has 0 aliphatic heterocycles. The maximum Gasteiger partial charge on any atom is 0.362 e. The average molecular weight is 172 g/mol. The SMILES string of the molecule is NCCNc1nonc1C(=O)O. The molecule has 1 rings (SSSR count). The van der Waals surface area contributed by atoms with Crippen LogP contribution in [0.15, 0.2) is 4.63 Å². The van der Waals surface area contributed by atoms with Crippen LogP contribution in [0.3, 0.4) is 0 Å². The Labute approximate surface area is 67.5 Å². The highest BCUT2D eigenvalue weighted by atomic mass is 16.6. The zero-order valence-electron chi connectivity index (χ0n) is 6.15. The molecule has 0 aliphatic rings. The van der Waals surface area contributed by atoms with Crippen LogP contribution in [0, 0.1) is 0 Å². The summed E-state index contributed by atoms with van der Waals surface area (Å²) in [5.74, 6) is -1.08. The molecule has 0 aromatic carbocycles. The average Bonchev–Trinajstić information content (AvgIpc) is 2.48. The number of nitrogens with one attached hydrogen (secondary N) is 1. The summed E-state index contributed by atoms with van der Waals surface area (Å²) < 4.78 is 4.22. The first-order chi connectivity index (χ1) is 5.75. The van der Waals surface area contributed by atoms with E-state index in [0.717, 1.165) is 0 Å². The van der Waals surface area contributed by atoms with E-state index in [1.54, 1.807) is 0 Å². The molecular formula is C5H8N4O3. The predicted octanol–water partition coefficient (Wildman–Crippen LogP) is -0.862. The number of hydrogen-bond acceptors (Lipinski definition) is 6. The van der Waals surface area contributed by atoms with Crippen LogP contribution >= 0.6 is 0 Å². The number of aromatic nitrogens is 2. The van der Waals surface area contributed by atoms with Gasteiger partial charge in [0.15, 0.2) is 0 Å². The van der Waals surface area contributed by atoms with Gasteiger partial charge in [-0.25, -0.2) is 9.42 Å². The van der Waals surface area contributed by atoms with E-state index in [-0.39, 0.29) is 11.5 Å². The van der Waals surface area contributed by atoms with Crippen molar-refractivity contribution < 1.29 is 14.5 Å².